The van der Waals surface area contributed by atoms with Crippen molar-refractivity contribution >= 4 is 43.2 Å². The van der Waals surface area contributed by atoms with Crippen molar-refractivity contribution in [1.82, 2.24) is 0 Å². The smallest absolute Gasteiger partial charge is 0.189 e. The van der Waals surface area contributed by atoms with Crippen LogP contribution in [0.3, 0.4) is 0 Å². The van der Waals surface area contributed by atoms with E-state index in [1.165, 1.54) is 0 Å². The molecule has 0 radical (unpaired) electrons. The summed E-state index contributed by atoms with van der Waals surface area (Å²) in [7, 11) is 0. The first kappa shape index (κ1) is 8.57. The Morgan fingerprint density at radius 2 is 1.73 bits per heavy atom. The quantitative estimate of drug-likeness (QED) is 0.571. The molecule has 0 fully saturated rings. The van der Waals surface area contributed by atoms with Crippen LogP contribution < -0.4 is 5.73 Å². The lowest BCUT2D eigenvalue weighted by Crippen LogP contribution is -1.86. The molecule has 0 heterocycles. The number of nitrogen functional groups attached to an aromatic ring is 1. The second kappa shape index (κ2) is 3.24. The van der Waals surface area contributed by atoms with E-state index in [2.05, 4.69) is 36.7 Å². The normalized spacial score (nSPS) is 9.18. The zero-order chi connectivity index (χ0) is 8.43. The average Bonchev–Trinajstić information content (AvgIpc) is 1.99. The lowest BCUT2D eigenvalue weighted by molar-refractivity contribution is 1.59. The van der Waals surface area contributed by atoms with Crippen molar-refractivity contribution in [3.05, 3.63) is 32.5 Å². The highest BCUT2D eigenvalue weighted by Gasteiger charge is 2.02. The van der Waals surface area contributed by atoms with E-state index < -0.39 is 0 Å². The first-order valence-corrected chi connectivity index (χ1v) is 4.35. The Bertz CT molecular complexity index is 305. The number of hydrogen-bond acceptors (Lipinski definition) is 1. The van der Waals surface area contributed by atoms with Crippen LogP contribution in [0.15, 0.2) is 21.1 Å². The summed E-state index contributed by atoms with van der Waals surface area (Å²) in [5, 5.41) is 0. The van der Waals surface area contributed by atoms with Crippen LogP contribution in [0.1, 0.15) is 0 Å². The molecule has 2 N–H and O–H groups in total. The van der Waals surface area contributed by atoms with Crippen molar-refractivity contribution in [3.8, 4) is 0 Å². The molecule has 0 amide bonds. The van der Waals surface area contributed by atoms with Crippen molar-refractivity contribution in [2.45, 2.75) is 0 Å². The third kappa shape index (κ3) is 1.73. The van der Waals surface area contributed by atoms with E-state index in [9.17, 15) is 0 Å². The molecule has 0 unspecified atom stereocenters. The van der Waals surface area contributed by atoms with Gasteiger partial charge < -0.3 is 5.73 Å². The summed E-state index contributed by atoms with van der Waals surface area (Å²) < 4.78 is 1.50. The van der Waals surface area contributed by atoms with E-state index in [1.54, 1.807) is 12.1 Å². The molecule has 11 heavy (non-hydrogen) atoms. The monoisotopic (exact) mass is 274 g/mol. The zero-order valence-corrected chi connectivity index (χ0v) is 8.61. The summed E-state index contributed by atoms with van der Waals surface area (Å²) in [6.45, 7) is 6.75. The molecule has 0 bridgehead atoms. The minimum absolute atomic E-state index is 0.568. The van der Waals surface area contributed by atoms with Gasteiger partial charge in [-0.2, -0.15) is 0 Å². The Hall–Kier alpha value is -0.530. The van der Waals surface area contributed by atoms with Gasteiger partial charge in [0.2, 0.25) is 0 Å². The maximum absolute atomic E-state index is 6.75. The maximum Gasteiger partial charge on any atom is 0.189 e. The van der Waals surface area contributed by atoms with Crippen molar-refractivity contribution in [2.75, 3.05) is 5.73 Å². The van der Waals surface area contributed by atoms with Gasteiger partial charge in [0.25, 0.3) is 0 Å². The fourth-order valence-electron chi connectivity index (χ4n) is 0.635. The minimum atomic E-state index is 0.568. The standard InChI is InChI=1S/C7H4Br2N2/c1-11-4-2-5(8)7(10)6(9)3-4/h2-3H,10H2. The van der Waals surface area contributed by atoms with Gasteiger partial charge in [-0.3, -0.25) is 0 Å². The van der Waals surface area contributed by atoms with E-state index in [0.717, 1.165) is 8.95 Å². The highest BCUT2D eigenvalue weighted by molar-refractivity contribution is 9.11. The van der Waals surface area contributed by atoms with Gasteiger partial charge in [0.15, 0.2) is 5.69 Å². The van der Waals surface area contributed by atoms with Crippen molar-refractivity contribution in [3.63, 3.8) is 0 Å². The molecule has 0 saturated heterocycles. The van der Waals surface area contributed by atoms with Gasteiger partial charge in [-0.05, 0) is 44.0 Å². The van der Waals surface area contributed by atoms with E-state index in [-0.39, 0.29) is 0 Å². The molecule has 1 rings (SSSR count). The zero-order valence-electron chi connectivity index (χ0n) is 5.44. The molecule has 4 heteroatoms. The van der Waals surface area contributed by atoms with Crippen LogP contribution in [0.25, 0.3) is 4.85 Å². The molecule has 0 aromatic heterocycles. The first-order chi connectivity index (χ1) is 5.15. The Labute approximate surface area is 81.5 Å². The van der Waals surface area contributed by atoms with Gasteiger partial charge in [-0.25, -0.2) is 4.85 Å². The fourth-order valence-corrected chi connectivity index (χ4v) is 1.80. The van der Waals surface area contributed by atoms with E-state index in [0.29, 0.717) is 11.4 Å². The minimum Gasteiger partial charge on any atom is -0.397 e. The number of anilines is 1. The van der Waals surface area contributed by atoms with Gasteiger partial charge >= 0.3 is 0 Å². The van der Waals surface area contributed by atoms with E-state index in [4.69, 9.17) is 12.3 Å². The summed E-state index contributed by atoms with van der Waals surface area (Å²) >= 11 is 6.48. The third-order valence-corrected chi connectivity index (χ3v) is 2.51. The van der Waals surface area contributed by atoms with Crippen LogP contribution in [-0.2, 0) is 0 Å². The molecule has 1 aromatic carbocycles. The predicted molar refractivity (Wildman–Crippen MR) is 52.5 cm³/mol. The maximum atomic E-state index is 6.75. The summed E-state index contributed by atoms with van der Waals surface area (Å²) in [6, 6.07) is 3.38. The molecule has 0 aliphatic heterocycles. The second-order valence-electron chi connectivity index (χ2n) is 1.93. The van der Waals surface area contributed by atoms with Crippen LogP contribution in [-0.4, -0.2) is 0 Å². The topological polar surface area (TPSA) is 30.4 Å². The fraction of sp³-hybridized carbons (Fsp3) is 0. The number of nitrogens with zero attached hydrogens (tertiary/aromatic N) is 1. The Morgan fingerprint density at radius 3 is 2.09 bits per heavy atom. The van der Waals surface area contributed by atoms with Crippen LogP contribution >= 0.6 is 31.9 Å². The molecule has 2 nitrogen and oxygen atoms in total. The van der Waals surface area contributed by atoms with Crippen LogP contribution in [0, 0.1) is 6.57 Å². The molecule has 0 aliphatic carbocycles. The van der Waals surface area contributed by atoms with Gasteiger partial charge in [-0.15, -0.1) is 0 Å². The molecule has 0 saturated carbocycles. The molecular formula is C7H4Br2N2. The van der Waals surface area contributed by atoms with Crippen molar-refractivity contribution in [1.29, 1.82) is 0 Å². The Morgan fingerprint density at radius 1 is 1.27 bits per heavy atom. The third-order valence-electron chi connectivity index (χ3n) is 1.19. The predicted octanol–water partition coefficient (Wildman–Crippen LogP) is 3.34. The summed E-state index contributed by atoms with van der Waals surface area (Å²) in [6.07, 6.45) is 0. The molecule has 56 valence electrons. The Balaban J connectivity index is 3.35. The largest absolute Gasteiger partial charge is 0.397 e. The molecular weight excluding hydrogens is 272 g/mol. The molecule has 0 aliphatic rings. The molecule has 0 atom stereocenters. The average molecular weight is 276 g/mol. The number of benzene rings is 1. The first-order valence-electron chi connectivity index (χ1n) is 2.77. The Kier molecular flexibility index (Phi) is 2.53. The van der Waals surface area contributed by atoms with Gasteiger partial charge in [0, 0.05) is 8.95 Å². The highest BCUT2D eigenvalue weighted by Crippen LogP contribution is 2.32. The van der Waals surface area contributed by atoms with E-state index in [1.807, 2.05) is 0 Å². The van der Waals surface area contributed by atoms with Gasteiger partial charge in [0.1, 0.15) is 0 Å². The number of halogens is 2. The summed E-state index contributed by atoms with van der Waals surface area (Å²) in [5.74, 6) is 0. The van der Waals surface area contributed by atoms with Gasteiger partial charge in [0.05, 0.1) is 12.3 Å². The number of hydrogen-bond donors (Lipinski definition) is 1. The molecule has 1 aromatic rings. The molecule has 0 spiro atoms. The van der Waals surface area contributed by atoms with Gasteiger partial charge in [-0.1, -0.05) is 0 Å². The summed E-state index contributed by atoms with van der Waals surface area (Å²) in [4.78, 5) is 3.27. The highest BCUT2D eigenvalue weighted by atomic mass is 79.9. The lowest BCUT2D eigenvalue weighted by Gasteiger charge is -2.00. The van der Waals surface area contributed by atoms with Crippen LogP contribution in [0.4, 0.5) is 11.4 Å². The van der Waals surface area contributed by atoms with E-state index >= 15 is 0 Å². The summed E-state index contributed by atoms with van der Waals surface area (Å²) in [5.41, 5.74) is 6.80. The van der Waals surface area contributed by atoms with Crippen molar-refractivity contribution < 1.29 is 0 Å². The van der Waals surface area contributed by atoms with Crippen molar-refractivity contribution in [2.24, 2.45) is 0 Å². The van der Waals surface area contributed by atoms with Crippen LogP contribution in [0.5, 0.6) is 0 Å². The lowest BCUT2D eigenvalue weighted by atomic mass is 10.3. The number of nitrogens with two attached hydrogens (primary N) is 1. The van der Waals surface area contributed by atoms with Crippen LogP contribution in [0.2, 0.25) is 0 Å². The number of rotatable bonds is 0. The second-order valence-corrected chi connectivity index (χ2v) is 3.64. The SMILES string of the molecule is [C-]#[N+]c1cc(Br)c(N)c(Br)c1.